The Kier molecular flexibility index (Phi) is 2.92. The Hall–Kier alpha value is -2.22. The fourth-order valence-electron chi connectivity index (χ4n) is 1.60. The van der Waals surface area contributed by atoms with Crippen molar-refractivity contribution in [3.8, 4) is 0 Å². The van der Waals surface area contributed by atoms with Gasteiger partial charge in [0.15, 0.2) is 5.88 Å². The van der Waals surface area contributed by atoms with Crippen molar-refractivity contribution >= 4 is 11.4 Å². The van der Waals surface area contributed by atoms with Crippen LogP contribution in [0.4, 0.5) is 11.4 Å². The van der Waals surface area contributed by atoms with Crippen LogP contribution in [0.25, 0.3) is 0 Å². The van der Waals surface area contributed by atoms with Crippen molar-refractivity contribution in [2.45, 2.75) is 0 Å². The molecule has 2 aromatic rings. The number of hydrogen-bond acceptors (Lipinski definition) is 2. The minimum absolute atomic E-state index is 0.0115. The second kappa shape index (κ2) is 4.53. The third-order valence-electron chi connectivity index (χ3n) is 2.29. The first-order chi connectivity index (χ1) is 7.79. The summed E-state index contributed by atoms with van der Waals surface area (Å²) in [4.78, 5) is 1.69. The highest BCUT2D eigenvalue weighted by atomic mass is 16.3. The SMILES string of the molecule is C=C(O)N(c1ccccc1)c1ccccc1. The van der Waals surface area contributed by atoms with Crippen molar-refractivity contribution in [3.05, 3.63) is 73.1 Å². The molecule has 16 heavy (non-hydrogen) atoms. The number of aliphatic hydroxyl groups is 1. The van der Waals surface area contributed by atoms with Crippen LogP contribution in [0.1, 0.15) is 0 Å². The van der Waals surface area contributed by atoms with Gasteiger partial charge in [0.05, 0.1) is 0 Å². The van der Waals surface area contributed by atoms with Gasteiger partial charge in [-0.2, -0.15) is 0 Å². The van der Waals surface area contributed by atoms with Gasteiger partial charge >= 0.3 is 0 Å². The van der Waals surface area contributed by atoms with Crippen LogP contribution in [0.2, 0.25) is 0 Å². The molecule has 0 radical (unpaired) electrons. The highest BCUT2D eigenvalue weighted by Gasteiger charge is 2.10. The van der Waals surface area contributed by atoms with E-state index in [2.05, 4.69) is 6.58 Å². The van der Waals surface area contributed by atoms with Crippen LogP contribution in [0, 0.1) is 0 Å². The first-order valence-corrected chi connectivity index (χ1v) is 5.07. The molecular weight excluding hydrogens is 198 g/mol. The monoisotopic (exact) mass is 211 g/mol. The van der Waals surface area contributed by atoms with Gasteiger partial charge in [0.2, 0.25) is 0 Å². The van der Waals surface area contributed by atoms with Gasteiger partial charge in [-0.05, 0) is 30.8 Å². The summed E-state index contributed by atoms with van der Waals surface area (Å²) in [6.45, 7) is 3.59. The molecular formula is C14H13NO. The summed E-state index contributed by atoms with van der Waals surface area (Å²) < 4.78 is 0. The molecule has 0 fully saturated rings. The van der Waals surface area contributed by atoms with Gasteiger partial charge in [-0.15, -0.1) is 0 Å². The van der Waals surface area contributed by atoms with E-state index in [1.54, 1.807) is 4.90 Å². The van der Waals surface area contributed by atoms with Crippen LogP contribution < -0.4 is 4.90 Å². The van der Waals surface area contributed by atoms with Crippen LogP contribution in [0.15, 0.2) is 73.1 Å². The summed E-state index contributed by atoms with van der Waals surface area (Å²) in [5, 5.41) is 9.65. The van der Waals surface area contributed by atoms with Gasteiger partial charge in [-0.1, -0.05) is 36.4 Å². The number of para-hydroxylation sites is 2. The van der Waals surface area contributed by atoms with Crippen LogP contribution in [-0.4, -0.2) is 5.11 Å². The Labute approximate surface area is 95.1 Å². The van der Waals surface area contributed by atoms with Crippen molar-refractivity contribution < 1.29 is 5.11 Å². The molecule has 2 nitrogen and oxygen atoms in total. The van der Waals surface area contributed by atoms with Crippen molar-refractivity contribution in [1.82, 2.24) is 0 Å². The number of benzene rings is 2. The van der Waals surface area contributed by atoms with Crippen molar-refractivity contribution in [1.29, 1.82) is 0 Å². The summed E-state index contributed by atoms with van der Waals surface area (Å²) in [6, 6.07) is 19.3. The van der Waals surface area contributed by atoms with Crippen LogP contribution in [-0.2, 0) is 0 Å². The molecule has 0 atom stereocenters. The summed E-state index contributed by atoms with van der Waals surface area (Å²) >= 11 is 0. The van der Waals surface area contributed by atoms with Gasteiger partial charge in [0, 0.05) is 11.4 Å². The molecule has 0 heterocycles. The minimum Gasteiger partial charge on any atom is -0.495 e. The molecule has 0 aromatic heterocycles. The first kappa shape index (κ1) is 10.3. The van der Waals surface area contributed by atoms with Crippen LogP contribution >= 0.6 is 0 Å². The molecule has 80 valence electrons. The van der Waals surface area contributed by atoms with Gasteiger partial charge in [0.1, 0.15) is 0 Å². The summed E-state index contributed by atoms with van der Waals surface area (Å²) in [5.74, 6) is 0.0115. The number of rotatable bonds is 3. The zero-order valence-corrected chi connectivity index (χ0v) is 8.88. The fourth-order valence-corrected chi connectivity index (χ4v) is 1.60. The van der Waals surface area contributed by atoms with E-state index in [0.29, 0.717) is 0 Å². The van der Waals surface area contributed by atoms with Crippen LogP contribution in [0.3, 0.4) is 0 Å². The van der Waals surface area contributed by atoms with Crippen LogP contribution in [0.5, 0.6) is 0 Å². The number of nitrogens with zero attached hydrogens (tertiary/aromatic N) is 1. The molecule has 2 heteroatoms. The zero-order chi connectivity index (χ0) is 11.4. The lowest BCUT2D eigenvalue weighted by molar-refractivity contribution is 0.405. The number of anilines is 2. The van der Waals surface area contributed by atoms with E-state index < -0.39 is 0 Å². The normalized spacial score (nSPS) is 9.75. The maximum Gasteiger partial charge on any atom is 0.188 e. The van der Waals surface area contributed by atoms with Gasteiger partial charge < -0.3 is 5.11 Å². The Morgan fingerprint density at radius 2 is 1.19 bits per heavy atom. The number of aliphatic hydroxyl groups excluding tert-OH is 1. The molecule has 2 aromatic carbocycles. The predicted octanol–water partition coefficient (Wildman–Crippen LogP) is 3.85. The molecule has 0 aliphatic rings. The predicted molar refractivity (Wildman–Crippen MR) is 66.8 cm³/mol. The fraction of sp³-hybridized carbons (Fsp3) is 0. The first-order valence-electron chi connectivity index (χ1n) is 5.07. The van der Waals surface area contributed by atoms with Crippen molar-refractivity contribution in [2.75, 3.05) is 4.90 Å². The second-order valence-corrected chi connectivity index (χ2v) is 3.42. The standard InChI is InChI=1S/C14H13NO/c1-12(16)15(13-8-4-2-5-9-13)14-10-6-3-7-11-14/h2-11,16H,1H2. The highest BCUT2D eigenvalue weighted by Crippen LogP contribution is 2.27. The lowest BCUT2D eigenvalue weighted by Gasteiger charge is -2.22. The van der Waals surface area contributed by atoms with E-state index in [4.69, 9.17) is 0 Å². The second-order valence-electron chi connectivity index (χ2n) is 3.42. The van der Waals surface area contributed by atoms with Crippen molar-refractivity contribution in [3.63, 3.8) is 0 Å². The van der Waals surface area contributed by atoms with Gasteiger partial charge in [-0.25, -0.2) is 0 Å². The highest BCUT2D eigenvalue weighted by molar-refractivity contribution is 5.66. The minimum atomic E-state index is 0.0115. The van der Waals surface area contributed by atoms with E-state index in [1.807, 2.05) is 60.7 Å². The quantitative estimate of drug-likeness (QED) is 0.779. The van der Waals surface area contributed by atoms with E-state index >= 15 is 0 Å². The van der Waals surface area contributed by atoms with E-state index in [-0.39, 0.29) is 5.88 Å². The Bertz CT molecular complexity index is 425. The van der Waals surface area contributed by atoms with E-state index in [1.165, 1.54) is 0 Å². The Morgan fingerprint density at radius 3 is 1.50 bits per heavy atom. The summed E-state index contributed by atoms with van der Waals surface area (Å²) in [7, 11) is 0. The molecule has 0 aliphatic heterocycles. The molecule has 0 amide bonds. The molecule has 0 aliphatic carbocycles. The zero-order valence-electron chi connectivity index (χ0n) is 8.88. The largest absolute Gasteiger partial charge is 0.495 e. The maximum atomic E-state index is 9.65. The average molecular weight is 211 g/mol. The van der Waals surface area contributed by atoms with Gasteiger partial charge in [0.25, 0.3) is 0 Å². The van der Waals surface area contributed by atoms with Crippen molar-refractivity contribution in [2.24, 2.45) is 0 Å². The molecule has 0 saturated heterocycles. The number of hydrogen-bond donors (Lipinski definition) is 1. The molecule has 0 saturated carbocycles. The summed E-state index contributed by atoms with van der Waals surface area (Å²) in [5.41, 5.74) is 1.78. The molecule has 0 spiro atoms. The molecule has 0 unspecified atom stereocenters. The summed E-state index contributed by atoms with van der Waals surface area (Å²) in [6.07, 6.45) is 0. The lowest BCUT2D eigenvalue weighted by atomic mass is 10.2. The van der Waals surface area contributed by atoms with Gasteiger partial charge in [-0.3, -0.25) is 4.90 Å². The average Bonchev–Trinajstić information content (AvgIpc) is 2.31. The van der Waals surface area contributed by atoms with E-state index in [9.17, 15) is 5.11 Å². The molecule has 2 rings (SSSR count). The Morgan fingerprint density at radius 1 is 0.812 bits per heavy atom. The third-order valence-corrected chi connectivity index (χ3v) is 2.29. The lowest BCUT2D eigenvalue weighted by Crippen LogP contribution is -2.14. The Balaban J connectivity index is 2.44. The molecule has 1 N–H and O–H groups in total. The topological polar surface area (TPSA) is 23.5 Å². The third kappa shape index (κ3) is 2.06. The molecule has 0 bridgehead atoms. The maximum absolute atomic E-state index is 9.65. The van der Waals surface area contributed by atoms with E-state index in [0.717, 1.165) is 11.4 Å². The smallest absolute Gasteiger partial charge is 0.188 e.